The summed E-state index contributed by atoms with van der Waals surface area (Å²) in [5.41, 5.74) is 0. The zero-order valence-electron chi connectivity index (χ0n) is 9.71. The number of likely N-dealkylation sites (tertiary alicyclic amines) is 1. The highest BCUT2D eigenvalue weighted by Crippen LogP contribution is 2.18. The third kappa shape index (κ3) is 3.51. The molecule has 4 nitrogen and oxygen atoms in total. The van der Waals surface area contributed by atoms with Crippen LogP contribution in [0.5, 0.6) is 0 Å². The van der Waals surface area contributed by atoms with Crippen molar-refractivity contribution in [3.05, 3.63) is 0 Å². The molecule has 1 heterocycles. The quantitative estimate of drug-likeness (QED) is 0.729. The number of nitrogens with zero attached hydrogens (tertiary/aromatic N) is 1. The summed E-state index contributed by atoms with van der Waals surface area (Å²) in [6, 6.07) is 0.351. The SMILES string of the molecule is O=C(CC(=O)N1CCCCCC1)NC1CC1. The number of hydrogen-bond acceptors (Lipinski definition) is 2. The van der Waals surface area contributed by atoms with Crippen LogP contribution in [0.1, 0.15) is 44.9 Å². The number of carbonyl (C=O) groups is 2. The molecule has 2 fully saturated rings. The van der Waals surface area contributed by atoms with Gasteiger partial charge in [0.25, 0.3) is 0 Å². The molecule has 1 aliphatic carbocycles. The number of rotatable bonds is 3. The molecule has 0 radical (unpaired) electrons. The van der Waals surface area contributed by atoms with E-state index in [0.717, 1.165) is 38.8 Å². The fourth-order valence-electron chi connectivity index (χ4n) is 2.08. The number of carbonyl (C=O) groups excluding carboxylic acids is 2. The van der Waals surface area contributed by atoms with Crippen LogP contribution in [0, 0.1) is 0 Å². The van der Waals surface area contributed by atoms with Crippen LogP contribution in [-0.4, -0.2) is 35.8 Å². The second-order valence-electron chi connectivity index (χ2n) is 4.81. The van der Waals surface area contributed by atoms with E-state index in [2.05, 4.69) is 5.32 Å². The third-order valence-corrected chi connectivity index (χ3v) is 3.21. The Balaban J connectivity index is 1.74. The predicted octanol–water partition coefficient (Wildman–Crippen LogP) is 1.06. The van der Waals surface area contributed by atoms with Gasteiger partial charge in [-0.3, -0.25) is 9.59 Å². The van der Waals surface area contributed by atoms with Crippen molar-refractivity contribution in [2.45, 2.75) is 51.0 Å². The molecule has 1 aliphatic heterocycles. The molecule has 0 unspecified atom stereocenters. The van der Waals surface area contributed by atoms with Gasteiger partial charge in [-0.05, 0) is 25.7 Å². The van der Waals surface area contributed by atoms with Crippen LogP contribution in [0.25, 0.3) is 0 Å². The van der Waals surface area contributed by atoms with E-state index in [1.54, 1.807) is 0 Å². The molecule has 2 rings (SSSR count). The Morgan fingerprint density at radius 1 is 1.06 bits per heavy atom. The lowest BCUT2D eigenvalue weighted by Crippen LogP contribution is -2.36. The van der Waals surface area contributed by atoms with Gasteiger partial charge in [-0.15, -0.1) is 0 Å². The Kier molecular flexibility index (Phi) is 3.80. The van der Waals surface area contributed by atoms with Crippen LogP contribution in [0.4, 0.5) is 0 Å². The summed E-state index contributed by atoms with van der Waals surface area (Å²) in [6.07, 6.45) is 6.76. The Bertz CT molecular complexity index is 266. The van der Waals surface area contributed by atoms with Crippen molar-refractivity contribution in [3.63, 3.8) is 0 Å². The van der Waals surface area contributed by atoms with Gasteiger partial charge >= 0.3 is 0 Å². The highest BCUT2D eigenvalue weighted by atomic mass is 16.2. The maximum atomic E-state index is 11.8. The van der Waals surface area contributed by atoms with Gasteiger partial charge in [-0.1, -0.05) is 12.8 Å². The van der Waals surface area contributed by atoms with Crippen LogP contribution in [0.3, 0.4) is 0 Å². The zero-order valence-corrected chi connectivity index (χ0v) is 9.71. The average Bonchev–Trinajstić information content (AvgIpc) is 3.02. The van der Waals surface area contributed by atoms with Gasteiger partial charge in [-0.25, -0.2) is 0 Å². The van der Waals surface area contributed by atoms with Crippen molar-refractivity contribution in [2.24, 2.45) is 0 Å². The van der Waals surface area contributed by atoms with Gasteiger partial charge in [-0.2, -0.15) is 0 Å². The molecule has 2 amide bonds. The molecule has 90 valence electrons. The second-order valence-corrected chi connectivity index (χ2v) is 4.81. The van der Waals surface area contributed by atoms with E-state index in [9.17, 15) is 9.59 Å². The van der Waals surface area contributed by atoms with Crippen LogP contribution >= 0.6 is 0 Å². The molecule has 0 aromatic heterocycles. The highest BCUT2D eigenvalue weighted by Gasteiger charge is 2.25. The molecule has 4 heteroatoms. The number of amides is 2. The van der Waals surface area contributed by atoms with Crippen molar-refractivity contribution < 1.29 is 9.59 Å². The molecule has 0 aromatic rings. The van der Waals surface area contributed by atoms with E-state index in [4.69, 9.17) is 0 Å². The molecular weight excluding hydrogens is 204 g/mol. The largest absolute Gasteiger partial charge is 0.353 e. The first-order valence-corrected chi connectivity index (χ1v) is 6.33. The van der Waals surface area contributed by atoms with E-state index in [1.807, 2.05) is 4.90 Å². The van der Waals surface area contributed by atoms with Gasteiger partial charge in [0.2, 0.25) is 11.8 Å². The van der Waals surface area contributed by atoms with Crippen LogP contribution in [0.2, 0.25) is 0 Å². The Hall–Kier alpha value is -1.06. The molecule has 2 aliphatic rings. The molecule has 1 N–H and O–H groups in total. The third-order valence-electron chi connectivity index (χ3n) is 3.21. The number of nitrogens with one attached hydrogen (secondary N) is 1. The van der Waals surface area contributed by atoms with Crippen molar-refractivity contribution in [2.75, 3.05) is 13.1 Å². The first kappa shape index (κ1) is 11.4. The standard InChI is InChI=1S/C12H20N2O2/c15-11(13-10-5-6-10)9-12(16)14-7-3-1-2-4-8-14/h10H,1-9H2,(H,13,15). The highest BCUT2D eigenvalue weighted by molar-refractivity contribution is 5.97. The monoisotopic (exact) mass is 224 g/mol. The van der Waals surface area contributed by atoms with Gasteiger partial charge in [0.05, 0.1) is 0 Å². The summed E-state index contributed by atoms with van der Waals surface area (Å²) in [5.74, 6) is -0.100. The summed E-state index contributed by atoms with van der Waals surface area (Å²) in [7, 11) is 0. The van der Waals surface area contributed by atoms with Crippen molar-refractivity contribution >= 4 is 11.8 Å². The van der Waals surface area contributed by atoms with E-state index in [0.29, 0.717) is 6.04 Å². The lowest BCUT2D eigenvalue weighted by molar-refractivity contribution is -0.136. The van der Waals surface area contributed by atoms with Gasteiger partial charge in [0.15, 0.2) is 0 Å². The summed E-state index contributed by atoms with van der Waals surface area (Å²) in [4.78, 5) is 25.1. The maximum Gasteiger partial charge on any atom is 0.232 e. The van der Waals surface area contributed by atoms with Crippen molar-refractivity contribution in [1.29, 1.82) is 0 Å². The molecule has 1 saturated carbocycles. The summed E-state index contributed by atoms with van der Waals surface area (Å²) < 4.78 is 0. The number of hydrogen-bond donors (Lipinski definition) is 1. The Morgan fingerprint density at radius 2 is 1.69 bits per heavy atom. The minimum absolute atomic E-state index is 0.0000463. The van der Waals surface area contributed by atoms with Gasteiger partial charge in [0, 0.05) is 19.1 Å². The second kappa shape index (κ2) is 5.32. The fourth-order valence-corrected chi connectivity index (χ4v) is 2.08. The van der Waals surface area contributed by atoms with Gasteiger partial charge < -0.3 is 10.2 Å². The topological polar surface area (TPSA) is 49.4 Å². The molecule has 0 atom stereocenters. The van der Waals surface area contributed by atoms with E-state index in [-0.39, 0.29) is 18.2 Å². The smallest absolute Gasteiger partial charge is 0.232 e. The Labute approximate surface area is 96.4 Å². The fraction of sp³-hybridized carbons (Fsp3) is 0.833. The zero-order chi connectivity index (χ0) is 11.4. The molecule has 0 aromatic carbocycles. The maximum absolute atomic E-state index is 11.8. The van der Waals surface area contributed by atoms with Crippen LogP contribution in [0.15, 0.2) is 0 Å². The van der Waals surface area contributed by atoms with E-state index in [1.165, 1.54) is 12.8 Å². The lowest BCUT2D eigenvalue weighted by Gasteiger charge is -2.19. The normalized spacial score (nSPS) is 21.4. The molecule has 16 heavy (non-hydrogen) atoms. The lowest BCUT2D eigenvalue weighted by atomic mass is 10.2. The minimum Gasteiger partial charge on any atom is -0.353 e. The van der Waals surface area contributed by atoms with Crippen molar-refractivity contribution in [3.8, 4) is 0 Å². The molecule has 0 spiro atoms. The summed E-state index contributed by atoms with van der Waals surface area (Å²) >= 11 is 0. The molecule has 0 bridgehead atoms. The molecular formula is C12H20N2O2. The predicted molar refractivity (Wildman–Crippen MR) is 60.8 cm³/mol. The van der Waals surface area contributed by atoms with E-state index >= 15 is 0 Å². The van der Waals surface area contributed by atoms with Gasteiger partial charge in [0.1, 0.15) is 6.42 Å². The average molecular weight is 224 g/mol. The molecule has 1 saturated heterocycles. The minimum atomic E-state index is -0.100. The first-order chi connectivity index (χ1) is 7.75. The first-order valence-electron chi connectivity index (χ1n) is 6.33. The Morgan fingerprint density at radius 3 is 2.25 bits per heavy atom. The van der Waals surface area contributed by atoms with Crippen LogP contribution in [-0.2, 0) is 9.59 Å². The van der Waals surface area contributed by atoms with E-state index < -0.39 is 0 Å². The summed E-state index contributed by atoms with van der Waals surface area (Å²) in [5, 5.41) is 2.85. The van der Waals surface area contributed by atoms with Crippen molar-refractivity contribution in [1.82, 2.24) is 10.2 Å². The summed E-state index contributed by atoms with van der Waals surface area (Å²) in [6.45, 7) is 1.66. The van der Waals surface area contributed by atoms with Crippen LogP contribution < -0.4 is 5.32 Å².